The lowest BCUT2D eigenvalue weighted by Crippen LogP contribution is -2.49. The predicted octanol–water partition coefficient (Wildman–Crippen LogP) is 3.56. The Kier molecular flexibility index (Phi) is 3.07. The van der Waals surface area contributed by atoms with E-state index in [2.05, 4.69) is 96.5 Å². The highest BCUT2D eigenvalue weighted by Crippen LogP contribution is 2.61. The molecule has 142 valence electrons. The number of rotatable bonds is 0. The third kappa shape index (κ3) is 1.96. The molecule has 3 aromatic carbocycles. The SMILES string of the molecule is C(#CC12c3ccccc3C(C#CC3OO3)(c3ccccc31)c1ccccc12)C1OO1. The summed E-state index contributed by atoms with van der Waals surface area (Å²) in [7, 11) is 0. The fourth-order valence-electron chi connectivity index (χ4n) is 5.17. The van der Waals surface area contributed by atoms with Crippen LogP contribution in [0.4, 0.5) is 0 Å². The number of benzene rings is 3. The summed E-state index contributed by atoms with van der Waals surface area (Å²) in [5.74, 6) is 13.4. The van der Waals surface area contributed by atoms with Crippen LogP contribution in [0.5, 0.6) is 0 Å². The van der Waals surface area contributed by atoms with Crippen LogP contribution in [0.1, 0.15) is 33.4 Å². The van der Waals surface area contributed by atoms with Gasteiger partial charge in [-0.15, -0.1) is 0 Å². The van der Waals surface area contributed by atoms with Gasteiger partial charge >= 0.3 is 0 Å². The first-order valence-electron chi connectivity index (χ1n) is 9.84. The van der Waals surface area contributed by atoms with Crippen LogP contribution in [-0.4, -0.2) is 12.6 Å². The summed E-state index contributed by atoms with van der Waals surface area (Å²) in [5, 5.41) is 0. The van der Waals surface area contributed by atoms with E-state index in [9.17, 15) is 0 Å². The molecular weight excluding hydrogens is 376 g/mol. The summed E-state index contributed by atoms with van der Waals surface area (Å²) in [6, 6.07) is 25.3. The topological polar surface area (TPSA) is 50.1 Å². The predicted molar refractivity (Wildman–Crippen MR) is 107 cm³/mol. The molecule has 0 atom stereocenters. The summed E-state index contributed by atoms with van der Waals surface area (Å²) < 4.78 is 0. The third-order valence-corrected chi connectivity index (χ3v) is 6.35. The molecule has 2 aliphatic heterocycles. The van der Waals surface area contributed by atoms with E-state index in [1.54, 1.807) is 0 Å². The van der Waals surface area contributed by atoms with E-state index in [0.29, 0.717) is 0 Å². The minimum atomic E-state index is -0.616. The zero-order valence-electron chi connectivity index (χ0n) is 15.7. The standard InChI is InChI=1S/C26H14O4/c1-2-8-18-17(7-1)25(15-13-23-27-28-23)19-9-3-5-11-21(19)26(18,16-14-24-29-30-24)22-12-6-4-10-20(22)25/h1-12,23-24H. The van der Waals surface area contributed by atoms with Crippen molar-refractivity contribution in [3.05, 3.63) is 106 Å². The van der Waals surface area contributed by atoms with Gasteiger partial charge in [-0.1, -0.05) is 84.6 Å². The lowest BCUT2D eigenvalue weighted by molar-refractivity contribution is 0.0850. The molecule has 3 aliphatic carbocycles. The Bertz CT molecular complexity index is 1120. The van der Waals surface area contributed by atoms with Crippen molar-refractivity contribution < 1.29 is 19.6 Å². The van der Waals surface area contributed by atoms with Crippen LogP contribution in [-0.2, 0) is 30.4 Å². The van der Waals surface area contributed by atoms with E-state index in [4.69, 9.17) is 19.6 Å². The Morgan fingerprint density at radius 1 is 0.467 bits per heavy atom. The minimum Gasteiger partial charge on any atom is -0.184 e. The summed E-state index contributed by atoms with van der Waals surface area (Å²) >= 11 is 0. The maximum absolute atomic E-state index is 4.93. The van der Waals surface area contributed by atoms with Crippen molar-refractivity contribution in [2.45, 2.75) is 23.4 Å². The van der Waals surface area contributed by atoms with Gasteiger partial charge in [-0.3, -0.25) is 0 Å². The molecule has 3 aromatic rings. The first kappa shape index (κ1) is 16.4. The molecule has 2 bridgehead atoms. The lowest BCUT2D eigenvalue weighted by Gasteiger charge is -2.52. The zero-order valence-corrected chi connectivity index (χ0v) is 15.7. The fourth-order valence-corrected chi connectivity index (χ4v) is 5.17. The maximum atomic E-state index is 4.93. The Morgan fingerprint density at radius 3 is 0.967 bits per heavy atom. The van der Waals surface area contributed by atoms with E-state index in [1.165, 1.54) is 0 Å². The van der Waals surface area contributed by atoms with Crippen molar-refractivity contribution in [3.63, 3.8) is 0 Å². The van der Waals surface area contributed by atoms with Gasteiger partial charge in [0.15, 0.2) is 0 Å². The van der Waals surface area contributed by atoms with Gasteiger partial charge in [0.1, 0.15) is 10.8 Å². The van der Waals surface area contributed by atoms with Gasteiger partial charge in [0.25, 0.3) is 12.6 Å². The van der Waals surface area contributed by atoms with E-state index in [0.717, 1.165) is 33.4 Å². The molecule has 4 nitrogen and oxygen atoms in total. The molecule has 0 amide bonds. The molecule has 5 aliphatic rings. The van der Waals surface area contributed by atoms with Crippen LogP contribution in [0, 0.1) is 23.7 Å². The second-order valence-corrected chi connectivity index (χ2v) is 7.72. The average Bonchev–Trinajstić information content (AvgIpc) is 3.72. The minimum absolute atomic E-state index is 0.469. The highest BCUT2D eigenvalue weighted by atomic mass is 17.4. The van der Waals surface area contributed by atoms with E-state index in [1.807, 2.05) is 0 Å². The molecule has 0 aromatic heterocycles. The fraction of sp³-hybridized carbons (Fsp3) is 0.154. The third-order valence-electron chi connectivity index (χ3n) is 6.35. The number of hydrogen-bond donors (Lipinski definition) is 0. The Morgan fingerprint density at radius 2 is 0.733 bits per heavy atom. The van der Waals surface area contributed by atoms with Crippen molar-refractivity contribution >= 4 is 0 Å². The van der Waals surface area contributed by atoms with Crippen molar-refractivity contribution in [1.82, 2.24) is 0 Å². The highest BCUT2D eigenvalue weighted by molar-refractivity contribution is 5.81. The molecular formula is C26H14O4. The van der Waals surface area contributed by atoms with Crippen molar-refractivity contribution in [3.8, 4) is 23.7 Å². The molecule has 0 N–H and O–H groups in total. The van der Waals surface area contributed by atoms with Gasteiger partial charge in [0.2, 0.25) is 0 Å². The first-order valence-corrected chi connectivity index (χ1v) is 9.84. The molecule has 0 saturated carbocycles. The smallest absolute Gasteiger partial charge is 0.184 e. The molecule has 30 heavy (non-hydrogen) atoms. The van der Waals surface area contributed by atoms with Crippen LogP contribution in [0.3, 0.4) is 0 Å². The van der Waals surface area contributed by atoms with Gasteiger partial charge in [-0.05, 0) is 45.2 Å². The van der Waals surface area contributed by atoms with Crippen molar-refractivity contribution in [2.24, 2.45) is 0 Å². The molecule has 0 unspecified atom stereocenters. The van der Waals surface area contributed by atoms with Crippen molar-refractivity contribution in [2.75, 3.05) is 0 Å². The molecule has 0 radical (unpaired) electrons. The Balaban J connectivity index is 1.67. The van der Waals surface area contributed by atoms with Crippen LogP contribution in [0.15, 0.2) is 72.8 Å². The second kappa shape index (κ2) is 5.61. The maximum Gasteiger partial charge on any atom is 0.284 e. The molecule has 2 saturated heterocycles. The number of hydrogen-bond acceptors (Lipinski definition) is 4. The second-order valence-electron chi connectivity index (χ2n) is 7.72. The van der Waals surface area contributed by atoms with Crippen LogP contribution < -0.4 is 0 Å². The largest absolute Gasteiger partial charge is 0.284 e. The summed E-state index contributed by atoms with van der Waals surface area (Å²) in [6.45, 7) is 0. The van der Waals surface area contributed by atoms with Crippen LogP contribution in [0.25, 0.3) is 0 Å². The average molecular weight is 390 g/mol. The van der Waals surface area contributed by atoms with Crippen LogP contribution in [0.2, 0.25) is 0 Å². The molecule has 8 rings (SSSR count). The Labute approximate surface area is 173 Å². The molecule has 2 fully saturated rings. The molecule has 4 heteroatoms. The van der Waals surface area contributed by atoms with Crippen LogP contribution >= 0.6 is 0 Å². The summed E-state index contributed by atoms with van der Waals surface area (Å²) in [5.41, 5.74) is 5.62. The van der Waals surface area contributed by atoms with E-state index in [-0.39, 0.29) is 0 Å². The van der Waals surface area contributed by atoms with Crippen molar-refractivity contribution in [1.29, 1.82) is 0 Å². The van der Waals surface area contributed by atoms with Gasteiger partial charge < -0.3 is 0 Å². The quantitative estimate of drug-likeness (QED) is 0.335. The van der Waals surface area contributed by atoms with Gasteiger partial charge in [-0.2, -0.15) is 19.6 Å². The molecule has 2 heterocycles. The molecule has 0 spiro atoms. The van der Waals surface area contributed by atoms with Gasteiger partial charge in [0.05, 0.1) is 0 Å². The first-order chi connectivity index (χ1) is 14.8. The zero-order chi connectivity index (χ0) is 19.8. The Hall–Kier alpha value is -3.38. The van der Waals surface area contributed by atoms with E-state index < -0.39 is 23.4 Å². The monoisotopic (exact) mass is 390 g/mol. The summed E-state index contributed by atoms with van der Waals surface area (Å²) in [6.07, 6.45) is -0.938. The lowest BCUT2D eigenvalue weighted by atomic mass is 9.47. The van der Waals surface area contributed by atoms with Gasteiger partial charge in [-0.25, -0.2) is 0 Å². The van der Waals surface area contributed by atoms with E-state index >= 15 is 0 Å². The van der Waals surface area contributed by atoms with Gasteiger partial charge in [0, 0.05) is 0 Å². The normalized spacial score (nSPS) is 26.9. The summed E-state index contributed by atoms with van der Waals surface area (Å²) in [4.78, 5) is 19.7. The highest BCUT2D eigenvalue weighted by Gasteiger charge is 2.58.